The predicted molar refractivity (Wildman–Crippen MR) is 81.3 cm³/mol. The summed E-state index contributed by atoms with van der Waals surface area (Å²) >= 11 is 6.06. The van der Waals surface area contributed by atoms with E-state index in [0.717, 1.165) is 5.39 Å². The Labute approximate surface area is 125 Å². The first-order valence-corrected chi connectivity index (χ1v) is 6.69. The number of pyridine rings is 1. The maximum Gasteiger partial charge on any atom is 0.291 e. The largest absolute Gasteiger partial charge is 0.455 e. The van der Waals surface area contributed by atoms with Gasteiger partial charge in [-0.05, 0) is 30.3 Å². The van der Waals surface area contributed by atoms with Crippen molar-refractivity contribution in [2.75, 3.05) is 5.32 Å². The molecule has 3 N–H and O–H groups in total. The highest BCUT2D eigenvalue weighted by Gasteiger charge is 2.13. The lowest BCUT2D eigenvalue weighted by atomic mass is 10.2. The number of hydrogen-bond acceptors (Lipinski definition) is 4. The minimum atomic E-state index is -0.371. The minimum Gasteiger partial charge on any atom is -0.455 e. The quantitative estimate of drug-likeness (QED) is 0.778. The third kappa shape index (κ3) is 2.74. The number of carbonyl (C=O) groups is 1. The molecule has 0 aliphatic rings. The maximum absolute atomic E-state index is 12.2. The van der Waals surface area contributed by atoms with Crippen LogP contribution in [-0.4, -0.2) is 10.9 Å². The van der Waals surface area contributed by atoms with E-state index in [0.29, 0.717) is 22.0 Å². The van der Waals surface area contributed by atoms with Gasteiger partial charge in [0.25, 0.3) is 5.91 Å². The smallest absolute Gasteiger partial charge is 0.291 e. The number of carbonyl (C=O) groups excluding carboxylic acids is 1. The molecule has 3 aromatic rings. The summed E-state index contributed by atoms with van der Waals surface area (Å²) in [5, 5.41) is 4.13. The van der Waals surface area contributed by atoms with Crippen LogP contribution in [0, 0.1) is 0 Å². The fraction of sp³-hybridized carbons (Fsp3) is 0.0667. The Balaban J connectivity index is 1.95. The number of rotatable bonds is 3. The van der Waals surface area contributed by atoms with E-state index < -0.39 is 0 Å². The van der Waals surface area contributed by atoms with Gasteiger partial charge in [-0.3, -0.25) is 9.78 Å². The van der Waals surface area contributed by atoms with Crippen LogP contribution in [0.2, 0.25) is 5.02 Å². The number of anilines is 1. The zero-order chi connectivity index (χ0) is 14.8. The second kappa shape index (κ2) is 5.55. The zero-order valence-electron chi connectivity index (χ0n) is 11.0. The van der Waals surface area contributed by atoms with Crippen LogP contribution in [0.4, 0.5) is 5.69 Å². The van der Waals surface area contributed by atoms with Crippen LogP contribution in [-0.2, 0) is 6.54 Å². The van der Waals surface area contributed by atoms with Crippen molar-refractivity contribution in [1.82, 2.24) is 4.98 Å². The van der Waals surface area contributed by atoms with E-state index in [9.17, 15) is 4.79 Å². The van der Waals surface area contributed by atoms with E-state index in [1.165, 1.54) is 0 Å². The Kier molecular flexibility index (Phi) is 3.60. The van der Waals surface area contributed by atoms with Gasteiger partial charge in [0.15, 0.2) is 5.76 Å². The molecule has 0 aliphatic heterocycles. The molecule has 0 radical (unpaired) electrons. The lowest BCUT2D eigenvalue weighted by molar-refractivity contribution is 0.0995. The third-order valence-corrected chi connectivity index (χ3v) is 3.22. The van der Waals surface area contributed by atoms with Crippen molar-refractivity contribution >= 4 is 34.1 Å². The Bertz CT molecular complexity index is 814. The third-order valence-electron chi connectivity index (χ3n) is 3.00. The monoisotopic (exact) mass is 301 g/mol. The van der Waals surface area contributed by atoms with E-state index in [-0.39, 0.29) is 18.2 Å². The molecule has 0 saturated heterocycles. The van der Waals surface area contributed by atoms with Gasteiger partial charge in [0, 0.05) is 16.6 Å². The Morgan fingerprint density at radius 3 is 2.95 bits per heavy atom. The minimum absolute atomic E-state index is 0.194. The van der Waals surface area contributed by atoms with Crippen LogP contribution in [0.3, 0.4) is 0 Å². The molecule has 1 aromatic carbocycles. The highest BCUT2D eigenvalue weighted by atomic mass is 35.5. The molecule has 0 atom stereocenters. The van der Waals surface area contributed by atoms with Gasteiger partial charge in [-0.1, -0.05) is 17.7 Å². The summed E-state index contributed by atoms with van der Waals surface area (Å²) in [6.07, 6.45) is 1.66. The standard InChI is InChI=1S/C15H12ClN3O2/c16-10-6-9-2-1-5-18-14(9)12(7-10)19-15(20)13-4-3-11(8-17)21-13/h1-7H,8,17H2,(H,19,20). The molecular weight excluding hydrogens is 290 g/mol. The maximum atomic E-state index is 12.2. The number of nitrogens with two attached hydrogens (primary N) is 1. The van der Waals surface area contributed by atoms with Gasteiger partial charge in [-0.2, -0.15) is 0 Å². The number of amides is 1. The molecule has 21 heavy (non-hydrogen) atoms. The van der Waals surface area contributed by atoms with Crippen molar-refractivity contribution < 1.29 is 9.21 Å². The predicted octanol–water partition coefficient (Wildman–Crippen LogP) is 3.19. The summed E-state index contributed by atoms with van der Waals surface area (Å²) in [6, 6.07) is 10.4. The van der Waals surface area contributed by atoms with Crippen molar-refractivity contribution in [3.8, 4) is 0 Å². The molecule has 6 heteroatoms. The SMILES string of the molecule is NCc1ccc(C(=O)Nc2cc(Cl)cc3cccnc23)o1. The van der Waals surface area contributed by atoms with Gasteiger partial charge in [-0.25, -0.2) is 0 Å². The van der Waals surface area contributed by atoms with Crippen molar-refractivity contribution in [2.24, 2.45) is 5.73 Å². The molecule has 2 heterocycles. The van der Waals surface area contributed by atoms with Gasteiger partial charge >= 0.3 is 0 Å². The molecule has 3 rings (SSSR count). The van der Waals surface area contributed by atoms with Gasteiger partial charge in [0.1, 0.15) is 5.76 Å². The number of hydrogen-bond donors (Lipinski definition) is 2. The number of nitrogens with zero attached hydrogens (tertiary/aromatic N) is 1. The van der Waals surface area contributed by atoms with Crippen LogP contribution >= 0.6 is 11.6 Å². The van der Waals surface area contributed by atoms with Crippen LogP contribution in [0.25, 0.3) is 10.9 Å². The average Bonchev–Trinajstić information content (AvgIpc) is 2.96. The number of halogens is 1. The summed E-state index contributed by atoms with van der Waals surface area (Å²) < 4.78 is 5.32. The molecule has 0 spiro atoms. The van der Waals surface area contributed by atoms with Gasteiger partial charge < -0.3 is 15.5 Å². The fourth-order valence-corrected chi connectivity index (χ4v) is 2.27. The molecule has 0 saturated carbocycles. The molecular formula is C15H12ClN3O2. The summed E-state index contributed by atoms with van der Waals surface area (Å²) in [7, 11) is 0. The number of furan rings is 1. The summed E-state index contributed by atoms with van der Waals surface area (Å²) in [5.74, 6) is 0.373. The molecule has 5 nitrogen and oxygen atoms in total. The van der Waals surface area contributed by atoms with Crippen molar-refractivity contribution in [3.63, 3.8) is 0 Å². The second-order valence-corrected chi connectivity index (χ2v) is 4.89. The van der Waals surface area contributed by atoms with E-state index in [1.54, 1.807) is 30.5 Å². The fourth-order valence-electron chi connectivity index (χ4n) is 2.04. The second-order valence-electron chi connectivity index (χ2n) is 4.45. The van der Waals surface area contributed by atoms with Crippen LogP contribution < -0.4 is 11.1 Å². The van der Waals surface area contributed by atoms with E-state index in [1.807, 2.05) is 12.1 Å². The molecule has 0 fully saturated rings. The van der Waals surface area contributed by atoms with Crippen molar-refractivity contribution in [2.45, 2.75) is 6.54 Å². The van der Waals surface area contributed by atoms with Crippen molar-refractivity contribution in [3.05, 3.63) is 59.1 Å². The number of nitrogens with one attached hydrogen (secondary N) is 1. The Morgan fingerprint density at radius 1 is 1.33 bits per heavy atom. The highest BCUT2D eigenvalue weighted by Crippen LogP contribution is 2.26. The van der Waals surface area contributed by atoms with Crippen LogP contribution in [0.5, 0.6) is 0 Å². The number of benzene rings is 1. The molecule has 0 aliphatic carbocycles. The van der Waals surface area contributed by atoms with Gasteiger partial charge in [0.2, 0.25) is 0 Å². The molecule has 0 unspecified atom stereocenters. The molecule has 1 amide bonds. The average molecular weight is 302 g/mol. The molecule has 106 valence electrons. The normalized spacial score (nSPS) is 10.8. The van der Waals surface area contributed by atoms with E-state index >= 15 is 0 Å². The summed E-state index contributed by atoms with van der Waals surface area (Å²) in [4.78, 5) is 16.4. The van der Waals surface area contributed by atoms with Crippen LogP contribution in [0.1, 0.15) is 16.3 Å². The lowest BCUT2D eigenvalue weighted by Crippen LogP contribution is -2.11. The lowest BCUT2D eigenvalue weighted by Gasteiger charge is -2.07. The van der Waals surface area contributed by atoms with Gasteiger partial charge in [0.05, 0.1) is 17.7 Å². The van der Waals surface area contributed by atoms with E-state index in [2.05, 4.69) is 10.3 Å². The van der Waals surface area contributed by atoms with Crippen molar-refractivity contribution in [1.29, 1.82) is 0 Å². The van der Waals surface area contributed by atoms with Crippen LogP contribution in [0.15, 0.2) is 47.0 Å². The first-order chi connectivity index (χ1) is 10.2. The first-order valence-electron chi connectivity index (χ1n) is 6.32. The molecule has 0 bridgehead atoms. The molecule has 2 aromatic heterocycles. The first kappa shape index (κ1) is 13.6. The van der Waals surface area contributed by atoms with E-state index in [4.69, 9.17) is 21.8 Å². The number of fused-ring (bicyclic) bond motifs is 1. The summed E-state index contributed by atoms with van der Waals surface area (Å²) in [5.41, 5.74) is 6.66. The topological polar surface area (TPSA) is 81.2 Å². The zero-order valence-corrected chi connectivity index (χ0v) is 11.7. The number of aromatic nitrogens is 1. The summed E-state index contributed by atoms with van der Waals surface area (Å²) in [6.45, 7) is 0.245. The Morgan fingerprint density at radius 2 is 2.19 bits per heavy atom. The Hall–Kier alpha value is -2.37. The van der Waals surface area contributed by atoms with Gasteiger partial charge in [-0.15, -0.1) is 0 Å². The highest BCUT2D eigenvalue weighted by molar-refractivity contribution is 6.32.